The second-order valence-corrected chi connectivity index (χ2v) is 7.18. The van der Waals surface area contributed by atoms with E-state index in [9.17, 15) is 9.59 Å². The second kappa shape index (κ2) is 7.82. The molecule has 1 aliphatic rings. The van der Waals surface area contributed by atoms with Crippen molar-refractivity contribution in [2.45, 2.75) is 33.7 Å². The topological polar surface area (TPSA) is 58.6 Å². The summed E-state index contributed by atoms with van der Waals surface area (Å²) in [5, 5.41) is 2.95. The van der Waals surface area contributed by atoms with Crippen LogP contribution in [0.2, 0.25) is 0 Å². The molecule has 142 valence electrons. The van der Waals surface area contributed by atoms with Gasteiger partial charge in [0.2, 0.25) is 11.8 Å². The van der Waals surface area contributed by atoms with Crippen LogP contribution in [0.5, 0.6) is 5.75 Å². The number of nitrogens with one attached hydrogen (secondary N) is 1. The van der Waals surface area contributed by atoms with Crippen LogP contribution in [0.15, 0.2) is 36.4 Å². The van der Waals surface area contributed by atoms with E-state index in [4.69, 9.17) is 4.74 Å². The average Bonchev–Trinajstić information content (AvgIpc) is 3.00. The van der Waals surface area contributed by atoms with E-state index in [-0.39, 0.29) is 24.2 Å². The summed E-state index contributed by atoms with van der Waals surface area (Å²) in [6.07, 6.45) is 0.241. The summed E-state index contributed by atoms with van der Waals surface area (Å²) in [5.41, 5.74) is 5.16. The summed E-state index contributed by atoms with van der Waals surface area (Å²) in [7, 11) is 1.61. The molecule has 2 amide bonds. The van der Waals surface area contributed by atoms with Gasteiger partial charge in [-0.25, -0.2) is 0 Å². The fraction of sp³-hybridized carbons (Fsp3) is 0.364. The lowest BCUT2D eigenvalue weighted by molar-refractivity contribution is -0.126. The minimum Gasteiger partial charge on any atom is -0.496 e. The number of amides is 2. The van der Waals surface area contributed by atoms with E-state index in [2.05, 4.69) is 17.4 Å². The number of methoxy groups -OCH3 is 1. The monoisotopic (exact) mass is 366 g/mol. The highest BCUT2D eigenvalue weighted by Crippen LogP contribution is 2.32. The summed E-state index contributed by atoms with van der Waals surface area (Å²) >= 11 is 0. The lowest BCUT2D eigenvalue weighted by Crippen LogP contribution is -2.33. The van der Waals surface area contributed by atoms with Crippen LogP contribution in [0, 0.1) is 26.7 Å². The van der Waals surface area contributed by atoms with E-state index in [1.54, 1.807) is 12.0 Å². The zero-order valence-corrected chi connectivity index (χ0v) is 16.3. The molecule has 1 saturated heterocycles. The van der Waals surface area contributed by atoms with Crippen molar-refractivity contribution in [2.24, 2.45) is 5.92 Å². The fourth-order valence-electron chi connectivity index (χ4n) is 3.87. The largest absolute Gasteiger partial charge is 0.496 e. The summed E-state index contributed by atoms with van der Waals surface area (Å²) in [5.74, 6) is 0.307. The van der Waals surface area contributed by atoms with Crippen LogP contribution in [-0.4, -0.2) is 25.5 Å². The van der Waals surface area contributed by atoms with E-state index in [1.165, 1.54) is 5.56 Å². The predicted octanol–water partition coefficient (Wildman–Crippen LogP) is 3.29. The molecule has 0 saturated carbocycles. The summed E-state index contributed by atoms with van der Waals surface area (Å²) in [6, 6.07) is 11.7. The first-order valence-electron chi connectivity index (χ1n) is 9.18. The minimum atomic E-state index is -0.340. The van der Waals surface area contributed by atoms with Gasteiger partial charge >= 0.3 is 0 Å². The van der Waals surface area contributed by atoms with Crippen LogP contribution in [0.4, 0.5) is 5.69 Å². The lowest BCUT2D eigenvalue weighted by Gasteiger charge is -2.22. The number of carbonyl (C=O) groups is 2. The zero-order chi connectivity index (χ0) is 19.6. The molecule has 0 bridgehead atoms. The van der Waals surface area contributed by atoms with Crippen LogP contribution in [-0.2, 0) is 16.1 Å². The highest BCUT2D eigenvalue weighted by molar-refractivity contribution is 6.01. The molecule has 1 unspecified atom stereocenters. The number of hydrogen-bond acceptors (Lipinski definition) is 3. The Hall–Kier alpha value is -2.82. The first-order chi connectivity index (χ1) is 12.9. The molecule has 0 radical (unpaired) electrons. The molecule has 1 N–H and O–H groups in total. The molecular weight excluding hydrogens is 340 g/mol. The Labute approximate surface area is 160 Å². The number of para-hydroxylation sites is 1. The van der Waals surface area contributed by atoms with Crippen molar-refractivity contribution in [3.8, 4) is 5.75 Å². The van der Waals surface area contributed by atoms with E-state index >= 15 is 0 Å². The van der Waals surface area contributed by atoms with Crippen molar-refractivity contribution in [3.63, 3.8) is 0 Å². The molecule has 5 heteroatoms. The van der Waals surface area contributed by atoms with E-state index in [0.717, 1.165) is 28.1 Å². The van der Waals surface area contributed by atoms with Crippen LogP contribution in [0.25, 0.3) is 0 Å². The third kappa shape index (κ3) is 3.97. The summed E-state index contributed by atoms with van der Waals surface area (Å²) in [4.78, 5) is 27.0. The van der Waals surface area contributed by atoms with Crippen molar-refractivity contribution in [1.82, 2.24) is 5.32 Å². The first kappa shape index (κ1) is 19.0. The standard InChI is InChI=1S/C22H26N2O3/c1-14-9-15(2)21(16(3)10-14)24-13-18(11-20(24)25)22(26)23-12-17-7-5-6-8-19(17)27-4/h5-10,18H,11-13H2,1-4H3,(H,23,26). The normalized spacial score (nSPS) is 16.5. The van der Waals surface area contributed by atoms with Gasteiger partial charge in [-0.2, -0.15) is 0 Å². The van der Waals surface area contributed by atoms with Gasteiger partial charge in [-0.15, -0.1) is 0 Å². The molecule has 0 aliphatic carbocycles. The number of nitrogens with zero attached hydrogens (tertiary/aromatic N) is 1. The number of benzene rings is 2. The highest BCUT2D eigenvalue weighted by Gasteiger charge is 2.36. The number of ether oxygens (including phenoxy) is 1. The fourth-order valence-corrected chi connectivity index (χ4v) is 3.87. The zero-order valence-electron chi connectivity index (χ0n) is 16.3. The maximum atomic E-state index is 12.6. The molecule has 27 heavy (non-hydrogen) atoms. The van der Waals surface area contributed by atoms with E-state index in [1.807, 2.05) is 45.0 Å². The smallest absolute Gasteiger partial charge is 0.227 e. The van der Waals surface area contributed by atoms with Crippen molar-refractivity contribution in [3.05, 3.63) is 58.7 Å². The Balaban J connectivity index is 1.69. The number of carbonyl (C=O) groups excluding carboxylic acids is 2. The van der Waals surface area contributed by atoms with Crippen molar-refractivity contribution >= 4 is 17.5 Å². The predicted molar refractivity (Wildman–Crippen MR) is 106 cm³/mol. The van der Waals surface area contributed by atoms with Gasteiger partial charge in [0.15, 0.2) is 0 Å². The SMILES string of the molecule is COc1ccccc1CNC(=O)C1CC(=O)N(c2c(C)cc(C)cc2C)C1. The molecule has 2 aromatic carbocycles. The number of aryl methyl sites for hydroxylation is 3. The third-order valence-corrected chi connectivity index (χ3v) is 5.05. The average molecular weight is 366 g/mol. The highest BCUT2D eigenvalue weighted by atomic mass is 16.5. The van der Waals surface area contributed by atoms with Crippen molar-refractivity contribution < 1.29 is 14.3 Å². The van der Waals surface area contributed by atoms with Gasteiger partial charge < -0.3 is 15.0 Å². The molecule has 3 rings (SSSR count). The van der Waals surface area contributed by atoms with Gasteiger partial charge in [0.1, 0.15) is 5.75 Å². The van der Waals surface area contributed by atoms with Crippen molar-refractivity contribution in [2.75, 3.05) is 18.6 Å². The van der Waals surface area contributed by atoms with Crippen LogP contribution in [0.1, 0.15) is 28.7 Å². The Morgan fingerprint density at radius 2 is 1.85 bits per heavy atom. The van der Waals surface area contributed by atoms with Gasteiger partial charge in [-0.1, -0.05) is 35.9 Å². The molecule has 1 aliphatic heterocycles. The second-order valence-electron chi connectivity index (χ2n) is 7.18. The lowest BCUT2D eigenvalue weighted by atomic mass is 10.0. The minimum absolute atomic E-state index is 0.00231. The molecule has 0 aromatic heterocycles. The molecular formula is C22H26N2O3. The summed E-state index contributed by atoms with van der Waals surface area (Å²) < 4.78 is 5.32. The van der Waals surface area contributed by atoms with E-state index < -0.39 is 0 Å². The Morgan fingerprint density at radius 1 is 1.19 bits per heavy atom. The molecule has 5 nitrogen and oxygen atoms in total. The number of hydrogen-bond donors (Lipinski definition) is 1. The molecule has 1 fully saturated rings. The molecule has 2 aromatic rings. The molecule has 1 atom stereocenters. The van der Waals surface area contributed by atoms with Crippen LogP contribution < -0.4 is 15.0 Å². The molecule has 1 heterocycles. The van der Waals surface area contributed by atoms with Crippen LogP contribution in [0.3, 0.4) is 0 Å². The van der Waals surface area contributed by atoms with Gasteiger partial charge in [-0.3, -0.25) is 9.59 Å². The van der Waals surface area contributed by atoms with Crippen molar-refractivity contribution in [1.29, 1.82) is 0 Å². The third-order valence-electron chi connectivity index (χ3n) is 5.05. The molecule has 0 spiro atoms. The maximum absolute atomic E-state index is 12.6. The summed E-state index contributed by atoms with van der Waals surface area (Å²) in [6.45, 7) is 6.87. The van der Waals surface area contributed by atoms with Gasteiger partial charge in [0.25, 0.3) is 0 Å². The first-order valence-corrected chi connectivity index (χ1v) is 9.18. The Kier molecular flexibility index (Phi) is 5.49. The Morgan fingerprint density at radius 3 is 2.52 bits per heavy atom. The van der Waals surface area contributed by atoms with Gasteiger partial charge in [-0.05, 0) is 38.0 Å². The van der Waals surface area contributed by atoms with E-state index in [0.29, 0.717) is 13.1 Å². The van der Waals surface area contributed by atoms with Gasteiger partial charge in [0, 0.05) is 30.8 Å². The Bertz CT molecular complexity index is 853. The maximum Gasteiger partial charge on any atom is 0.227 e. The van der Waals surface area contributed by atoms with Gasteiger partial charge in [0.05, 0.1) is 13.0 Å². The van der Waals surface area contributed by atoms with Crippen LogP contribution >= 0.6 is 0 Å². The number of rotatable bonds is 5. The number of anilines is 1. The quantitative estimate of drug-likeness (QED) is 0.883.